The highest BCUT2D eigenvalue weighted by molar-refractivity contribution is 8.03. The number of rotatable bonds is 1. The third-order valence-electron chi connectivity index (χ3n) is 3.04. The first kappa shape index (κ1) is 13.6. The van der Waals surface area contributed by atoms with E-state index >= 15 is 0 Å². The van der Waals surface area contributed by atoms with Gasteiger partial charge in [-0.2, -0.15) is 0 Å². The lowest BCUT2D eigenvalue weighted by atomic mass is 10.2. The van der Waals surface area contributed by atoms with Gasteiger partial charge in [0, 0.05) is 30.0 Å². The van der Waals surface area contributed by atoms with Crippen LogP contribution in [0.1, 0.15) is 5.56 Å². The summed E-state index contributed by atoms with van der Waals surface area (Å²) in [5, 5.41) is 4.00. The van der Waals surface area contributed by atoms with E-state index in [0.717, 1.165) is 16.9 Å². The molecule has 0 bridgehead atoms. The zero-order valence-electron chi connectivity index (χ0n) is 11.5. The van der Waals surface area contributed by atoms with E-state index in [2.05, 4.69) is 16.3 Å². The van der Waals surface area contributed by atoms with Gasteiger partial charge in [0.15, 0.2) is 0 Å². The fourth-order valence-corrected chi connectivity index (χ4v) is 2.80. The summed E-state index contributed by atoms with van der Waals surface area (Å²) >= 11 is 1.58. The average Bonchev–Trinajstić information content (AvgIpc) is 2.89. The molecular weight excluding hydrogens is 283 g/mol. The van der Waals surface area contributed by atoms with Crippen LogP contribution in [0.5, 0.6) is 0 Å². The first-order valence-electron chi connectivity index (χ1n) is 6.47. The zero-order chi connectivity index (χ0) is 14.7. The number of halogens is 1. The van der Waals surface area contributed by atoms with Gasteiger partial charge in [0.05, 0.1) is 5.69 Å². The van der Waals surface area contributed by atoms with Gasteiger partial charge in [-0.05, 0) is 42.3 Å². The Labute approximate surface area is 128 Å². The van der Waals surface area contributed by atoms with E-state index < -0.39 is 0 Å². The minimum absolute atomic E-state index is 0.247. The molecule has 21 heavy (non-hydrogen) atoms. The Morgan fingerprint density at radius 2 is 1.67 bits per heavy atom. The normalized spacial score (nSPS) is 13.7. The summed E-state index contributed by atoms with van der Waals surface area (Å²) in [5.74, 6) is 5.92. The van der Waals surface area contributed by atoms with Gasteiger partial charge in [0.2, 0.25) is 0 Å². The summed E-state index contributed by atoms with van der Waals surface area (Å²) in [5.41, 5.74) is 2.81. The Morgan fingerprint density at radius 3 is 2.38 bits per heavy atom. The second-order valence-corrected chi connectivity index (χ2v) is 5.29. The molecule has 4 heteroatoms. The standard InChI is InChI=1S/C17H13FN2S/c1-19-17(12-9-14-7-10-15(18)11-8-14)13-21-20(19)16-5-3-2-4-6-16/h2-8,10-11,13H,1H3. The van der Waals surface area contributed by atoms with Gasteiger partial charge in [-0.25, -0.2) is 8.80 Å². The van der Waals surface area contributed by atoms with Crippen molar-refractivity contribution in [1.29, 1.82) is 0 Å². The highest BCUT2D eigenvalue weighted by Crippen LogP contribution is 2.32. The van der Waals surface area contributed by atoms with E-state index in [9.17, 15) is 4.39 Å². The van der Waals surface area contributed by atoms with E-state index in [4.69, 9.17) is 0 Å². The molecule has 0 aromatic heterocycles. The summed E-state index contributed by atoms with van der Waals surface area (Å²) in [6.45, 7) is 0. The maximum atomic E-state index is 12.9. The van der Waals surface area contributed by atoms with E-state index in [-0.39, 0.29) is 5.82 Å². The van der Waals surface area contributed by atoms with Crippen molar-refractivity contribution in [3.8, 4) is 11.8 Å². The lowest BCUT2D eigenvalue weighted by molar-refractivity contribution is 0.485. The van der Waals surface area contributed by atoms with Crippen LogP contribution in [-0.4, -0.2) is 12.1 Å². The number of hydrazine groups is 1. The Kier molecular flexibility index (Phi) is 3.85. The predicted molar refractivity (Wildman–Crippen MR) is 85.6 cm³/mol. The topological polar surface area (TPSA) is 6.48 Å². The summed E-state index contributed by atoms with van der Waals surface area (Å²) in [4.78, 5) is 0. The summed E-state index contributed by atoms with van der Waals surface area (Å²) < 4.78 is 14.9. The molecular formula is C17H13FN2S. The predicted octanol–water partition coefficient (Wildman–Crippen LogP) is 4.03. The van der Waals surface area contributed by atoms with Crippen LogP contribution in [0.25, 0.3) is 0 Å². The molecule has 0 saturated carbocycles. The molecule has 0 atom stereocenters. The van der Waals surface area contributed by atoms with E-state index in [1.807, 2.05) is 47.8 Å². The number of hydrogen-bond acceptors (Lipinski definition) is 3. The van der Waals surface area contributed by atoms with Crippen LogP contribution in [-0.2, 0) is 0 Å². The van der Waals surface area contributed by atoms with Crippen molar-refractivity contribution in [3.05, 3.63) is 77.1 Å². The highest BCUT2D eigenvalue weighted by atomic mass is 32.2. The molecule has 0 unspecified atom stereocenters. The van der Waals surface area contributed by atoms with Gasteiger partial charge in [-0.3, -0.25) is 5.01 Å². The third kappa shape index (κ3) is 3.04. The summed E-state index contributed by atoms with van der Waals surface area (Å²) in [6.07, 6.45) is 0. The molecule has 0 aliphatic carbocycles. The zero-order valence-corrected chi connectivity index (χ0v) is 12.3. The molecule has 2 aromatic carbocycles. The Hall–Kier alpha value is -2.38. The first-order chi connectivity index (χ1) is 10.2. The van der Waals surface area contributed by atoms with Crippen LogP contribution in [0, 0.1) is 17.7 Å². The number of para-hydroxylation sites is 1. The lowest BCUT2D eigenvalue weighted by Crippen LogP contribution is -2.28. The first-order valence-corrected chi connectivity index (χ1v) is 7.31. The maximum Gasteiger partial charge on any atom is 0.123 e. The highest BCUT2D eigenvalue weighted by Gasteiger charge is 2.20. The van der Waals surface area contributed by atoms with Crippen LogP contribution in [0.2, 0.25) is 0 Å². The average molecular weight is 296 g/mol. The fourth-order valence-electron chi connectivity index (χ4n) is 1.91. The SMILES string of the molecule is CN1C(C#Cc2ccc(F)cc2)=CSN1c1ccccc1. The molecule has 2 nitrogen and oxygen atoms in total. The van der Waals surface area contributed by atoms with Crippen LogP contribution in [0.3, 0.4) is 0 Å². The lowest BCUT2D eigenvalue weighted by Gasteiger charge is -2.26. The molecule has 104 valence electrons. The number of nitrogens with zero attached hydrogens (tertiary/aromatic N) is 2. The van der Waals surface area contributed by atoms with Gasteiger partial charge in [-0.15, -0.1) is 0 Å². The molecule has 3 rings (SSSR count). The van der Waals surface area contributed by atoms with Crippen LogP contribution in [0.4, 0.5) is 10.1 Å². The number of benzene rings is 2. The molecule has 0 N–H and O–H groups in total. The molecule has 0 fully saturated rings. The van der Waals surface area contributed by atoms with Crippen molar-refractivity contribution in [3.63, 3.8) is 0 Å². The second-order valence-electron chi connectivity index (χ2n) is 4.50. The molecule has 0 spiro atoms. The van der Waals surface area contributed by atoms with Crippen LogP contribution < -0.4 is 4.41 Å². The van der Waals surface area contributed by atoms with Gasteiger partial charge in [0.1, 0.15) is 11.5 Å². The Morgan fingerprint density at radius 1 is 0.952 bits per heavy atom. The molecule has 1 aliphatic rings. The maximum absolute atomic E-state index is 12.9. The van der Waals surface area contributed by atoms with Crippen molar-refractivity contribution in [1.82, 2.24) is 5.01 Å². The Balaban J connectivity index is 1.75. The monoisotopic (exact) mass is 296 g/mol. The van der Waals surface area contributed by atoms with Crippen LogP contribution in [0.15, 0.2) is 65.7 Å². The van der Waals surface area contributed by atoms with Crippen molar-refractivity contribution in [2.45, 2.75) is 0 Å². The third-order valence-corrected chi connectivity index (χ3v) is 4.03. The van der Waals surface area contributed by atoms with Crippen molar-refractivity contribution in [2.75, 3.05) is 11.5 Å². The molecule has 1 heterocycles. The van der Waals surface area contributed by atoms with Gasteiger partial charge < -0.3 is 0 Å². The van der Waals surface area contributed by atoms with Gasteiger partial charge >= 0.3 is 0 Å². The minimum Gasteiger partial charge on any atom is -0.269 e. The minimum atomic E-state index is -0.247. The largest absolute Gasteiger partial charge is 0.269 e. The molecule has 1 aliphatic heterocycles. The van der Waals surface area contributed by atoms with Crippen molar-refractivity contribution < 1.29 is 4.39 Å². The van der Waals surface area contributed by atoms with E-state index in [1.165, 1.54) is 12.1 Å². The molecule has 0 saturated heterocycles. The van der Waals surface area contributed by atoms with Gasteiger partial charge in [0.25, 0.3) is 0 Å². The van der Waals surface area contributed by atoms with E-state index in [1.54, 1.807) is 24.1 Å². The summed E-state index contributed by atoms with van der Waals surface area (Å²) in [6, 6.07) is 16.3. The second kappa shape index (κ2) is 5.94. The quantitative estimate of drug-likeness (QED) is 0.579. The number of hydrogen-bond donors (Lipinski definition) is 0. The van der Waals surface area contributed by atoms with Crippen molar-refractivity contribution >= 4 is 17.6 Å². The van der Waals surface area contributed by atoms with Crippen molar-refractivity contribution in [2.24, 2.45) is 0 Å². The molecule has 0 radical (unpaired) electrons. The number of allylic oxidation sites excluding steroid dienone is 1. The van der Waals surface area contributed by atoms with Gasteiger partial charge in [-0.1, -0.05) is 24.1 Å². The Bertz CT molecular complexity index is 714. The van der Waals surface area contributed by atoms with E-state index in [0.29, 0.717) is 0 Å². The van der Waals surface area contributed by atoms with Crippen LogP contribution >= 0.6 is 11.9 Å². The molecule has 2 aromatic rings. The smallest absolute Gasteiger partial charge is 0.123 e. The fraction of sp³-hybridized carbons (Fsp3) is 0.0588. The number of anilines is 1. The molecule has 0 amide bonds. The summed E-state index contributed by atoms with van der Waals surface area (Å²) in [7, 11) is 1.97.